The summed E-state index contributed by atoms with van der Waals surface area (Å²) >= 11 is 0. The Kier molecular flexibility index (Phi) is 3.79. The molecule has 1 aromatic heterocycles. The lowest BCUT2D eigenvalue weighted by Crippen LogP contribution is -2.09. The molecule has 0 bridgehead atoms. The normalized spacial score (nSPS) is 13.1. The SMILES string of the molecule is CCCc1nc2ccccc2n1CCC(C)O. The van der Waals surface area contributed by atoms with Crippen molar-refractivity contribution in [3.63, 3.8) is 0 Å². The van der Waals surface area contributed by atoms with Gasteiger partial charge in [0.2, 0.25) is 0 Å². The second-order valence-electron chi connectivity index (χ2n) is 4.56. The molecular weight excluding hydrogens is 212 g/mol. The van der Waals surface area contributed by atoms with Crippen LogP contribution < -0.4 is 0 Å². The fourth-order valence-corrected chi connectivity index (χ4v) is 2.11. The number of imidazole rings is 1. The van der Waals surface area contributed by atoms with Gasteiger partial charge in [0.05, 0.1) is 17.1 Å². The third kappa shape index (κ3) is 2.67. The van der Waals surface area contributed by atoms with Gasteiger partial charge in [0.15, 0.2) is 0 Å². The number of aliphatic hydroxyl groups is 1. The van der Waals surface area contributed by atoms with Crippen LogP contribution >= 0.6 is 0 Å². The summed E-state index contributed by atoms with van der Waals surface area (Å²) < 4.78 is 2.24. The molecule has 0 saturated heterocycles. The summed E-state index contributed by atoms with van der Waals surface area (Å²) in [6.45, 7) is 4.84. The van der Waals surface area contributed by atoms with Crippen molar-refractivity contribution in [2.45, 2.75) is 45.8 Å². The summed E-state index contributed by atoms with van der Waals surface area (Å²) in [5.41, 5.74) is 2.23. The second-order valence-corrected chi connectivity index (χ2v) is 4.56. The fourth-order valence-electron chi connectivity index (χ4n) is 2.11. The Morgan fingerprint density at radius 1 is 1.35 bits per heavy atom. The van der Waals surface area contributed by atoms with E-state index in [-0.39, 0.29) is 6.10 Å². The molecule has 1 unspecified atom stereocenters. The first-order valence-electron chi connectivity index (χ1n) is 6.34. The maximum absolute atomic E-state index is 9.41. The topological polar surface area (TPSA) is 38.0 Å². The molecule has 0 aliphatic heterocycles. The zero-order valence-corrected chi connectivity index (χ0v) is 10.6. The van der Waals surface area contributed by atoms with Gasteiger partial charge in [-0.1, -0.05) is 19.1 Å². The van der Waals surface area contributed by atoms with Crippen LogP contribution in [0.2, 0.25) is 0 Å². The number of para-hydroxylation sites is 2. The van der Waals surface area contributed by atoms with Gasteiger partial charge in [0.25, 0.3) is 0 Å². The van der Waals surface area contributed by atoms with Gasteiger partial charge < -0.3 is 9.67 Å². The Bertz CT molecular complexity index is 488. The Morgan fingerprint density at radius 2 is 2.12 bits per heavy atom. The average Bonchev–Trinajstić information content (AvgIpc) is 2.64. The quantitative estimate of drug-likeness (QED) is 0.860. The minimum atomic E-state index is -0.259. The zero-order chi connectivity index (χ0) is 12.3. The molecule has 0 radical (unpaired) electrons. The van der Waals surface area contributed by atoms with E-state index in [1.807, 2.05) is 25.1 Å². The van der Waals surface area contributed by atoms with E-state index < -0.39 is 0 Å². The van der Waals surface area contributed by atoms with E-state index in [1.54, 1.807) is 0 Å². The number of nitrogens with zero attached hydrogens (tertiary/aromatic N) is 2. The van der Waals surface area contributed by atoms with Crippen LogP contribution in [0.15, 0.2) is 24.3 Å². The molecule has 2 aromatic rings. The lowest BCUT2D eigenvalue weighted by molar-refractivity contribution is 0.178. The molecule has 1 N–H and O–H groups in total. The highest BCUT2D eigenvalue weighted by atomic mass is 16.3. The van der Waals surface area contributed by atoms with Crippen LogP contribution in [0.25, 0.3) is 11.0 Å². The molecule has 0 aliphatic carbocycles. The molecule has 1 atom stereocenters. The largest absolute Gasteiger partial charge is 0.393 e. The van der Waals surface area contributed by atoms with E-state index in [0.29, 0.717) is 0 Å². The van der Waals surface area contributed by atoms with Crippen LogP contribution in [0.1, 0.15) is 32.5 Å². The van der Waals surface area contributed by atoms with Crippen molar-refractivity contribution in [3.05, 3.63) is 30.1 Å². The van der Waals surface area contributed by atoms with E-state index in [1.165, 1.54) is 5.52 Å². The van der Waals surface area contributed by atoms with Gasteiger partial charge in [-0.3, -0.25) is 0 Å². The van der Waals surface area contributed by atoms with Crippen molar-refractivity contribution >= 4 is 11.0 Å². The van der Waals surface area contributed by atoms with E-state index >= 15 is 0 Å². The van der Waals surface area contributed by atoms with Crippen molar-refractivity contribution in [3.8, 4) is 0 Å². The first kappa shape index (κ1) is 12.1. The van der Waals surface area contributed by atoms with Crippen molar-refractivity contribution in [1.29, 1.82) is 0 Å². The van der Waals surface area contributed by atoms with Gasteiger partial charge in [-0.25, -0.2) is 4.98 Å². The Labute approximate surface area is 102 Å². The predicted molar refractivity (Wildman–Crippen MR) is 70.0 cm³/mol. The van der Waals surface area contributed by atoms with Gasteiger partial charge >= 0.3 is 0 Å². The van der Waals surface area contributed by atoms with Gasteiger partial charge in [-0.15, -0.1) is 0 Å². The minimum absolute atomic E-state index is 0.259. The number of rotatable bonds is 5. The molecule has 1 aromatic carbocycles. The number of hydrogen-bond acceptors (Lipinski definition) is 2. The van der Waals surface area contributed by atoms with E-state index in [4.69, 9.17) is 0 Å². The maximum atomic E-state index is 9.41. The summed E-state index contributed by atoms with van der Waals surface area (Å²) in [4.78, 5) is 4.66. The smallest absolute Gasteiger partial charge is 0.109 e. The predicted octanol–water partition coefficient (Wildman–Crippen LogP) is 2.76. The number of aliphatic hydroxyl groups excluding tert-OH is 1. The highest BCUT2D eigenvalue weighted by Gasteiger charge is 2.09. The van der Waals surface area contributed by atoms with Crippen LogP contribution in [-0.4, -0.2) is 20.8 Å². The van der Waals surface area contributed by atoms with Crippen LogP contribution in [0.4, 0.5) is 0 Å². The number of fused-ring (bicyclic) bond motifs is 1. The van der Waals surface area contributed by atoms with Crippen molar-refractivity contribution in [2.24, 2.45) is 0 Å². The maximum Gasteiger partial charge on any atom is 0.109 e. The minimum Gasteiger partial charge on any atom is -0.393 e. The molecular formula is C14H20N2O. The molecule has 0 amide bonds. The number of aromatic nitrogens is 2. The molecule has 0 aliphatic rings. The highest BCUT2D eigenvalue weighted by molar-refractivity contribution is 5.75. The molecule has 2 rings (SSSR count). The molecule has 0 fully saturated rings. The van der Waals surface area contributed by atoms with Crippen molar-refractivity contribution < 1.29 is 5.11 Å². The number of aryl methyl sites for hydroxylation is 2. The third-order valence-electron chi connectivity index (χ3n) is 2.98. The van der Waals surface area contributed by atoms with Crippen LogP contribution in [-0.2, 0) is 13.0 Å². The van der Waals surface area contributed by atoms with Gasteiger partial charge in [-0.05, 0) is 31.9 Å². The monoisotopic (exact) mass is 232 g/mol. The summed E-state index contributed by atoms with van der Waals surface area (Å²) in [6, 6.07) is 8.21. The first-order valence-corrected chi connectivity index (χ1v) is 6.34. The van der Waals surface area contributed by atoms with Gasteiger partial charge in [0.1, 0.15) is 5.82 Å². The molecule has 0 saturated carbocycles. The Morgan fingerprint density at radius 3 is 2.82 bits per heavy atom. The Balaban J connectivity index is 2.37. The van der Waals surface area contributed by atoms with E-state index in [0.717, 1.165) is 37.1 Å². The summed E-state index contributed by atoms with van der Waals surface area (Å²) in [5, 5.41) is 9.41. The number of hydrogen-bond donors (Lipinski definition) is 1. The highest BCUT2D eigenvalue weighted by Crippen LogP contribution is 2.17. The second kappa shape index (κ2) is 5.32. The number of benzene rings is 1. The molecule has 92 valence electrons. The summed E-state index contributed by atoms with van der Waals surface area (Å²) in [5.74, 6) is 1.13. The van der Waals surface area contributed by atoms with Crippen LogP contribution in [0.5, 0.6) is 0 Å². The molecule has 3 nitrogen and oxygen atoms in total. The summed E-state index contributed by atoms with van der Waals surface area (Å²) in [7, 11) is 0. The van der Waals surface area contributed by atoms with Crippen molar-refractivity contribution in [1.82, 2.24) is 9.55 Å². The van der Waals surface area contributed by atoms with Crippen molar-refractivity contribution in [2.75, 3.05) is 0 Å². The standard InChI is InChI=1S/C14H20N2O/c1-3-6-14-15-12-7-4-5-8-13(12)16(14)10-9-11(2)17/h4-5,7-8,11,17H,3,6,9-10H2,1-2H3. The average molecular weight is 232 g/mol. The lowest BCUT2D eigenvalue weighted by atomic mass is 10.2. The van der Waals surface area contributed by atoms with Gasteiger partial charge in [0, 0.05) is 13.0 Å². The molecule has 17 heavy (non-hydrogen) atoms. The van der Waals surface area contributed by atoms with E-state index in [2.05, 4.69) is 22.5 Å². The first-order chi connectivity index (χ1) is 8.22. The molecule has 0 spiro atoms. The molecule has 1 heterocycles. The summed E-state index contributed by atoms with van der Waals surface area (Å²) in [6.07, 6.45) is 2.61. The fraction of sp³-hybridized carbons (Fsp3) is 0.500. The third-order valence-corrected chi connectivity index (χ3v) is 2.98. The molecule has 3 heteroatoms. The van der Waals surface area contributed by atoms with E-state index in [9.17, 15) is 5.11 Å². The van der Waals surface area contributed by atoms with Crippen LogP contribution in [0.3, 0.4) is 0 Å². The Hall–Kier alpha value is -1.35. The van der Waals surface area contributed by atoms with Gasteiger partial charge in [-0.2, -0.15) is 0 Å². The lowest BCUT2D eigenvalue weighted by Gasteiger charge is -2.10. The van der Waals surface area contributed by atoms with Crippen LogP contribution in [0, 0.1) is 0 Å². The zero-order valence-electron chi connectivity index (χ0n) is 10.6.